The lowest BCUT2D eigenvalue weighted by Crippen LogP contribution is -2.31. The summed E-state index contributed by atoms with van der Waals surface area (Å²) in [6, 6.07) is 3.86. The van der Waals surface area contributed by atoms with Crippen LogP contribution >= 0.6 is 23.1 Å². The van der Waals surface area contributed by atoms with Gasteiger partial charge in [0.2, 0.25) is 11.8 Å². The molecule has 0 spiro atoms. The van der Waals surface area contributed by atoms with Gasteiger partial charge in [0, 0.05) is 24.9 Å². The number of aryl methyl sites for hydroxylation is 1. The standard InChI is InChI=1S/C17H22N4O3S2/c1-3-8-18-16(23)14-7-6-13(26-14)12-5-4-9-21(12)15(22)10-25-17-20-19-11(2)24-17/h6-7,12H,3-5,8-10H2,1-2H3,(H,18,23)/t12-/m1/s1. The molecule has 140 valence electrons. The summed E-state index contributed by atoms with van der Waals surface area (Å²) in [5.74, 6) is 0.777. The Morgan fingerprint density at radius 1 is 1.42 bits per heavy atom. The normalized spacial score (nSPS) is 16.8. The van der Waals surface area contributed by atoms with Crippen LogP contribution in [0.2, 0.25) is 0 Å². The third-order valence-electron chi connectivity index (χ3n) is 4.11. The first-order valence-electron chi connectivity index (χ1n) is 8.68. The fourth-order valence-corrected chi connectivity index (χ4v) is 4.65. The van der Waals surface area contributed by atoms with Crippen LogP contribution in [0.1, 0.15) is 52.7 Å². The number of carbonyl (C=O) groups is 2. The van der Waals surface area contributed by atoms with Gasteiger partial charge in [-0.25, -0.2) is 0 Å². The molecule has 0 bridgehead atoms. The highest BCUT2D eigenvalue weighted by Crippen LogP contribution is 2.36. The largest absolute Gasteiger partial charge is 0.416 e. The van der Waals surface area contributed by atoms with Gasteiger partial charge in [-0.1, -0.05) is 18.7 Å². The van der Waals surface area contributed by atoms with Gasteiger partial charge in [0.05, 0.1) is 16.7 Å². The Kier molecular flexibility index (Phi) is 6.31. The molecule has 9 heteroatoms. The molecule has 3 rings (SSSR count). The number of rotatable bonds is 7. The number of nitrogens with zero attached hydrogens (tertiary/aromatic N) is 3. The van der Waals surface area contributed by atoms with E-state index in [0.717, 1.165) is 30.7 Å². The van der Waals surface area contributed by atoms with Crippen LogP contribution < -0.4 is 5.32 Å². The van der Waals surface area contributed by atoms with Crippen LogP contribution in [0.15, 0.2) is 21.8 Å². The van der Waals surface area contributed by atoms with Gasteiger partial charge in [0.15, 0.2) is 0 Å². The van der Waals surface area contributed by atoms with E-state index in [2.05, 4.69) is 15.5 Å². The summed E-state index contributed by atoms with van der Waals surface area (Å²) in [5, 5.41) is 11.0. The van der Waals surface area contributed by atoms with Gasteiger partial charge in [-0.05, 0) is 31.4 Å². The third kappa shape index (κ3) is 4.45. The van der Waals surface area contributed by atoms with Crippen LogP contribution in [0.5, 0.6) is 0 Å². The summed E-state index contributed by atoms with van der Waals surface area (Å²) in [7, 11) is 0. The lowest BCUT2D eigenvalue weighted by molar-refractivity contribution is -0.129. The average molecular weight is 395 g/mol. The van der Waals surface area contributed by atoms with Gasteiger partial charge >= 0.3 is 0 Å². The van der Waals surface area contributed by atoms with E-state index in [1.165, 1.54) is 23.1 Å². The molecule has 2 aromatic heterocycles. The minimum atomic E-state index is -0.0405. The van der Waals surface area contributed by atoms with Crippen LogP contribution in [-0.2, 0) is 4.79 Å². The molecular weight excluding hydrogens is 372 g/mol. The number of thiophene rings is 1. The second-order valence-electron chi connectivity index (χ2n) is 6.08. The molecule has 0 aromatic carbocycles. The molecule has 7 nitrogen and oxygen atoms in total. The quantitative estimate of drug-likeness (QED) is 0.726. The predicted molar refractivity (Wildman–Crippen MR) is 100 cm³/mol. The van der Waals surface area contributed by atoms with Crippen molar-refractivity contribution in [3.05, 3.63) is 27.8 Å². The SMILES string of the molecule is CCCNC(=O)c1ccc([C@H]2CCCN2C(=O)CSc2nnc(C)o2)s1. The first kappa shape index (κ1) is 18.9. The van der Waals surface area contributed by atoms with E-state index >= 15 is 0 Å². The summed E-state index contributed by atoms with van der Waals surface area (Å²) in [5.41, 5.74) is 0. The van der Waals surface area contributed by atoms with Crippen LogP contribution in [0.3, 0.4) is 0 Å². The zero-order valence-electron chi connectivity index (χ0n) is 14.9. The average Bonchev–Trinajstić information content (AvgIpc) is 3.36. The van der Waals surface area contributed by atoms with Crippen LogP contribution in [0.4, 0.5) is 0 Å². The molecule has 2 aromatic rings. The van der Waals surface area contributed by atoms with Crippen molar-refractivity contribution in [3.63, 3.8) is 0 Å². The molecule has 2 amide bonds. The second kappa shape index (κ2) is 8.68. The van der Waals surface area contributed by atoms with Crippen molar-refractivity contribution in [3.8, 4) is 0 Å². The molecule has 1 fully saturated rings. The van der Waals surface area contributed by atoms with Crippen molar-refractivity contribution >= 4 is 34.9 Å². The number of nitrogens with one attached hydrogen (secondary N) is 1. The number of thioether (sulfide) groups is 1. The molecule has 1 atom stereocenters. The van der Waals surface area contributed by atoms with Gasteiger partial charge in [-0.15, -0.1) is 21.5 Å². The van der Waals surface area contributed by atoms with E-state index in [1.54, 1.807) is 6.92 Å². The van der Waals surface area contributed by atoms with Gasteiger partial charge in [0.25, 0.3) is 11.1 Å². The topological polar surface area (TPSA) is 88.3 Å². The number of carbonyl (C=O) groups excluding carboxylic acids is 2. The second-order valence-corrected chi connectivity index (χ2v) is 8.12. The van der Waals surface area contributed by atoms with E-state index in [1.807, 2.05) is 24.0 Å². The monoisotopic (exact) mass is 394 g/mol. The van der Waals surface area contributed by atoms with Gasteiger partial charge in [-0.2, -0.15) is 0 Å². The summed E-state index contributed by atoms with van der Waals surface area (Å²) >= 11 is 2.73. The zero-order chi connectivity index (χ0) is 18.5. The Morgan fingerprint density at radius 2 is 2.27 bits per heavy atom. The number of hydrogen-bond donors (Lipinski definition) is 1. The van der Waals surface area contributed by atoms with Crippen molar-refractivity contribution in [1.29, 1.82) is 0 Å². The van der Waals surface area contributed by atoms with Crippen molar-refractivity contribution in [2.24, 2.45) is 0 Å². The third-order valence-corrected chi connectivity index (χ3v) is 6.10. The lowest BCUT2D eigenvalue weighted by atomic mass is 10.2. The molecule has 0 aliphatic carbocycles. The van der Waals surface area contributed by atoms with Crippen molar-refractivity contribution in [2.75, 3.05) is 18.8 Å². The molecule has 1 aliphatic rings. The maximum atomic E-state index is 12.6. The van der Waals surface area contributed by atoms with E-state index in [0.29, 0.717) is 22.5 Å². The first-order chi connectivity index (χ1) is 12.6. The number of aromatic nitrogens is 2. The summed E-state index contributed by atoms with van der Waals surface area (Å²) in [4.78, 5) is 28.4. The molecule has 1 aliphatic heterocycles. The van der Waals surface area contributed by atoms with Gasteiger partial charge < -0.3 is 14.6 Å². The van der Waals surface area contributed by atoms with Crippen molar-refractivity contribution < 1.29 is 14.0 Å². The molecule has 1 saturated heterocycles. The number of likely N-dealkylation sites (tertiary alicyclic amines) is 1. The van der Waals surface area contributed by atoms with E-state index in [-0.39, 0.29) is 23.6 Å². The Labute approximate surface area is 160 Å². The first-order valence-corrected chi connectivity index (χ1v) is 10.5. The summed E-state index contributed by atoms with van der Waals surface area (Å²) < 4.78 is 5.30. The van der Waals surface area contributed by atoms with E-state index < -0.39 is 0 Å². The van der Waals surface area contributed by atoms with E-state index in [4.69, 9.17) is 4.42 Å². The summed E-state index contributed by atoms with van der Waals surface area (Å²) in [6.45, 7) is 5.16. The highest BCUT2D eigenvalue weighted by atomic mass is 32.2. The zero-order valence-corrected chi connectivity index (χ0v) is 16.5. The lowest BCUT2D eigenvalue weighted by Gasteiger charge is -2.23. The molecule has 3 heterocycles. The van der Waals surface area contributed by atoms with Crippen LogP contribution in [0, 0.1) is 6.92 Å². The van der Waals surface area contributed by atoms with Gasteiger partial charge in [-0.3, -0.25) is 9.59 Å². The molecule has 26 heavy (non-hydrogen) atoms. The van der Waals surface area contributed by atoms with Crippen molar-refractivity contribution in [2.45, 2.75) is 44.4 Å². The predicted octanol–water partition coefficient (Wildman–Crippen LogP) is 3.04. The highest BCUT2D eigenvalue weighted by molar-refractivity contribution is 7.99. The maximum Gasteiger partial charge on any atom is 0.277 e. The Bertz CT molecular complexity index is 774. The fourth-order valence-electron chi connectivity index (χ4n) is 2.88. The maximum absolute atomic E-state index is 12.6. The minimum absolute atomic E-state index is 0.0405. The van der Waals surface area contributed by atoms with Crippen LogP contribution in [0.25, 0.3) is 0 Å². The smallest absolute Gasteiger partial charge is 0.277 e. The molecule has 0 saturated carbocycles. The molecular formula is C17H22N4O3S2. The Balaban J connectivity index is 1.61. The van der Waals surface area contributed by atoms with Crippen LogP contribution in [-0.4, -0.2) is 45.8 Å². The fraction of sp³-hybridized carbons (Fsp3) is 0.529. The minimum Gasteiger partial charge on any atom is -0.416 e. The number of amides is 2. The highest BCUT2D eigenvalue weighted by Gasteiger charge is 2.31. The van der Waals surface area contributed by atoms with E-state index in [9.17, 15) is 9.59 Å². The number of hydrogen-bond acceptors (Lipinski definition) is 7. The summed E-state index contributed by atoms with van der Waals surface area (Å²) in [6.07, 6.45) is 2.80. The molecule has 1 N–H and O–H groups in total. The van der Waals surface area contributed by atoms with Gasteiger partial charge in [0.1, 0.15) is 0 Å². The van der Waals surface area contributed by atoms with Crippen molar-refractivity contribution in [1.82, 2.24) is 20.4 Å². The molecule has 0 unspecified atom stereocenters. The molecule has 0 radical (unpaired) electrons. The Hall–Kier alpha value is -1.87. The Morgan fingerprint density at radius 3 is 3.00 bits per heavy atom.